The third-order valence-electron chi connectivity index (χ3n) is 5.07. The summed E-state index contributed by atoms with van der Waals surface area (Å²) in [6, 6.07) is 21.0. The van der Waals surface area contributed by atoms with Crippen LogP contribution in [0.1, 0.15) is 0 Å². The topological polar surface area (TPSA) is 233 Å². The van der Waals surface area contributed by atoms with E-state index in [1.165, 1.54) is 0 Å². The Morgan fingerprint density at radius 2 is 0.512 bits per heavy atom. The van der Waals surface area contributed by atoms with E-state index in [-0.39, 0.29) is 19.8 Å². The van der Waals surface area contributed by atoms with Gasteiger partial charge in [-0.05, 0) is 72.8 Å². The molecule has 0 spiro atoms. The molecule has 0 unspecified atom stereocenters. The quantitative estimate of drug-likeness (QED) is 0.148. The van der Waals surface area contributed by atoms with Gasteiger partial charge in [0.1, 0.15) is 0 Å². The van der Waals surface area contributed by atoms with Crippen molar-refractivity contribution in [3.63, 3.8) is 0 Å². The van der Waals surface area contributed by atoms with Crippen LogP contribution in [0, 0.1) is 0 Å². The predicted octanol–water partition coefficient (Wildman–Crippen LogP) is 3.94. The number of hydrogen-bond acceptors (Lipinski definition) is 12. The zero-order chi connectivity index (χ0) is 30.2. The average Bonchev–Trinajstić information content (AvgIpc) is 2.99. The number of anilines is 6. The third-order valence-corrected chi connectivity index (χ3v) is 5.07. The van der Waals surface area contributed by atoms with Gasteiger partial charge in [0.2, 0.25) is 0 Å². The second kappa shape index (κ2) is 17.9. The SMILES string of the molecule is Nc1ccnc(-c2cc(N)ccn2)c1.Nc1ccnc(-c2cc(N)ccn2)c1.Nc1ccncc1.Nc1ccncc1.[Os]. The molecule has 0 saturated carbocycles. The van der Waals surface area contributed by atoms with Gasteiger partial charge in [0.25, 0.3) is 0 Å². The van der Waals surface area contributed by atoms with Crippen molar-refractivity contribution in [3.05, 3.63) is 122 Å². The van der Waals surface area contributed by atoms with Crippen molar-refractivity contribution >= 4 is 34.1 Å². The van der Waals surface area contributed by atoms with Gasteiger partial charge in [-0.1, -0.05) is 0 Å². The maximum atomic E-state index is 5.63. The third kappa shape index (κ3) is 12.6. The van der Waals surface area contributed by atoms with Gasteiger partial charge in [0, 0.05) is 103 Å². The first-order valence-corrected chi connectivity index (χ1v) is 12.5. The maximum absolute atomic E-state index is 5.63. The van der Waals surface area contributed by atoms with Crippen LogP contribution in [0.15, 0.2) is 122 Å². The van der Waals surface area contributed by atoms with Gasteiger partial charge in [-0.25, -0.2) is 0 Å². The summed E-state index contributed by atoms with van der Waals surface area (Å²) < 4.78 is 0. The molecular weight excluding hydrogens is 719 g/mol. The van der Waals surface area contributed by atoms with Crippen LogP contribution in [0.25, 0.3) is 22.8 Å². The van der Waals surface area contributed by atoms with Crippen LogP contribution in [0.4, 0.5) is 34.1 Å². The van der Waals surface area contributed by atoms with Crippen molar-refractivity contribution < 1.29 is 19.8 Å². The minimum atomic E-state index is 0. The van der Waals surface area contributed by atoms with Gasteiger partial charge < -0.3 is 34.4 Å². The molecule has 0 fully saturated rings. The predicted molar refractivity (Wildman–Crippen MR) is 170 cm³/mol. The van der Waals surface area contributed by atoms with Crippen molar-refractivity contribution in [3.8, 4) is 22.8 Å². The van der Waals surface area contributed by atoms with Crippen molar-refractivity contribution in [2.45, 2.75) is 0 Å². The molecule has 0 aromatic carbocycles. The van der Waals surface area contributed by atoms with Gasteiger partial charge in [-0.15, -0.1) is 0 Å². The summed E-state index contributed by atoms with van der Waals surface area (Å²) in [4.78, 5) is 24.1. The molecule has 43 heavy (non-hydrogen) atoms. The number of pyridine rings is 6. The Morgan fingerprint density at radius 3 is 0.674 bits per heavy atom. The Hall–Kier alpha value is -5.66. The normalized spacial score (nSPS) is 9.30. The van der Waals surface area contributed by atoms with E-state index >= 15 is 0 Å². The monoisotopic (exact) mass is 752 g/mol. The van der Waals surface area contributed by atoms with E-state index in [9.17, 15) is 0 Å². The minimum absolute atomic E-state index is 0. The zero-order valence-corrected chi connectivity index (χ0v) is 25.6. The summed E-state index contributed by atoms with van der Waals surface area (Å²) in [5.74, 6) is 0. The van der Waals surface area contributed by atoms with Crippen molar-refractivity contribution in [1.29, 1.82) is 0 Å². The fourth-order valence-corrected chi connectivity index (χ4v) is 3.07. The minimum Gasteiger partial charge on any atom is -0.399 e. The van der Waals surface area contributed by atoms with Crippen LogP contribution in [0.2, 0.25) is 0 Å². The van der Waals surface area contributed by atoms with Gasteiger partial charge in [-0.2, -0.15) is 0 Å². The van der Waals surface area contributed by atoms with Crippen LogP contribution in [-0.2, 0) is 19.8 Å². The molecule has 0 radical (unpaired) electrons. The van der Waals surface area contributed by atoms with Gasteiger partial charge in [0.15, 0.2) is 0 Å². The summed E-state index contributed by atoms with van der Waals surface area (Å²) in [7, 11) is 0. The molecule has 12 N–H and O–H groups in total. The maximum Gasteiger partial charge on any atom is 0.0907 e. The standard InChI is InChI=1S/2C10H10N4.2C5H6N2.Os/c2*11-7-1-3-13-9(5-7)10-6-8(12)2-4-14-10;2*6-5-1-3-7-4-2-5;/h2*1-6H,(H2,11,13)(H2,12,14);2*1-4H,(H2,6,7);. The van der Waals surface area contributed by atoms with E-state index in [2.05, 4.69) is 29.9 Å². The molecule has 0 saturated heterocycles. The van der Waals surface area contributed by atoms with Crippen molar-refractivity contribution in [1.82, 2.24) is 29.9 Å². The number of nitrogens with two attached hydrogens (primary N) is 6. The molecule has 0 aliphatic heterocycles. The molecule has 0 aliphatic rings. The molecule has 0 atom stereocenters. The fraction of sp³-hybridized carbons (Fsp3) is 0. The van der Waals surface area contributed by atoms with Crippen molar-refractivity contribution in [2.24, 2.45) is 0 Å². The van der Waals surface area contributed by atoms with E-state index in [1.807, 2.05) is 0 Å². The Kier molecular flexibility index (Phi) is 14.0. The number of aromatic nitrogens is 6. The van der Waals surface area contributed by atoms with Crippen LogP contribution in [-0.4, -0.2) is 29.9 Å². The van der Waals surface area contributed by atoms with Crippen LogP contribution >= 0.6 is 0 Å². The Balaban J connectivity index is 0.000000209. The Morgan fingerprint density at radius 1 is 0.302 bits per heavy atom. The van der Waals surface area contributed by atoms with E-state index in [1.54, 1.807) is 122 Å². The molecule has 0 amide bonds. The Labute approximate surface area is 262 Å². The van der Waals surface area contributed by atoms with E-state index in [0.29, 0.717) is 22.7 Å². The molecule has 6 aromatic heterocycles. The molecule has 0 aliphatic carbocycles. The summed E-state index contributed by atoms with van der Waals surface area (Å²) in [6.07, 6.45) is 13.2. The van der Waals surface area contributed by atoms with Gasteiger partial charge in [-0.3, -0.25) is 29.9 Å². The molecule has 6 rings (SSSR count). The number of rotatable bonds is 2. The second-order valence-electron chi connectivity index (χ2n) is 8.46. The van der Waals surface area contributed by atoms with Gasteiger partial charge >= 0.3 is 0 Å². The first-order valence-electron chi connectivity index (χ1n) is 12.5. The van der Waals surface area contributed by atoms with Crippen molar-refractivity contribution in [2.75, 3.05) is 34.4 Å². The average molecular weight is 751 g/mol. The smallest absolute Gasteiger partial charge is 0.0907 e. The van der Waals surface area contributed by atoms with E-state index in [0.717, 1.165) is 34.2 Å². The summed E-state index contributed by atoms with van der Waals surface area (Å²) >= 11 is 0. The first-order chi connectivity index (χ1) is 20.3. The molecule has 6 heterocycles. The van der Waals surface area contributed by atoms with Crippen LogP contribution < -0.4 is 34.4 Å². The second-order valence-corrected chi connectivity index (χ2v) is 8.46. The van der Waals surface area contributed by atoms with E-state index < -0.39 is 0 Å². The largest absolute Gasteiger partial charge is 0.399 e. The molecule has 0 bridgehead atoms. The molecule has 12 nitrogen and oxygen atoms in total. The van der Waals surface area contributed by atoms with Crippen LogP contribution in [0.5, 0.6) is 0 Å². The van der Waals surface area contributed by atoms with Crippen LogP contribution in [0.3, 0.4) is 0 Å². The Bertz CT molecular complexity index is 1440. The molecule has 13 heteroatoms. The molecule has 220 valence electrons. The summed E-state index contributed by atoms with van der Waals surface area (Å²) in [6.45, 7) is 0. The summed E-state index contributed by atoms with van der Waals surface area (Å²) in [5.41, 5.74) is 40.3. The number of hydrogen-bond donors (Lipinski definition) is 6. The number of nitrogens with zero attached hydrogens (tertiary/aromatic N) is 6. The fourth-order valence-electron chi connectivity index (χ4n) is 3.07. The summed E-state index contributed by atoms with van der Waals surface area (Å²) in [5, 5.41) is 0. The van der Waals surface area contributed by atoms with Gasteiger partial charge in [0.05, 0.1) is 22.8 Å². The number of nitrogen functional groups attached to an aromatic ring is 6. The first kappa shape index (κ1) is 33.5. The molecule has 6 aromatic rings. The van der Waals surface area contributed by atoms with E-state index in [4.69, 9.17) is 34.4 Å². The zero-order valence-electron chi connectivity index (χ0n) is 23.0. The molecular formula is C30H32N12Os.